The molecule has 0 amide bonds. The Labute approximate surface area is 93.5 Å². The van der Waals surface area contributed by atoms with Gasteiger partial charge in [-0.25, -0.2) is 0 Å². The van der Waals surface area contributed by atoms with Crippen LogP contribution >= 0.6 is 0 Å². The number of hydrogen-bond donors (Lipinski definition) is 1. The molecule has 15 heavy (non-hydrogen) atoms. The average molecular weight is 223 g/mol. The van der Waals surface area contributed by atoms with Gasteiger partial charge in [0.15, 0.2) is 0 Å². The van der Waals surface area contributed by atoms with Crippen LogP contribution in [0.3, 0.4) is 0 Å². The molecule has 1 aliphatic rings. The van der Waals surface area contributed by atoms with Gasteiger partial charge in [0.2, 0.25) is 0 Å². The molecular weight excluding hydrogens is 206 g/mol. The molecule has 1 heterocycles. The molecule has 1 aliphatic heterocycles. The quantitative estimate of drug-likeness (QED) is 0.845. The summed E-state index contributed by atoms with van der Waals surface area (Å²) in [6, 6.07) is 7.97. The lowest BCUT2D eigenvalue weighted by molar-refractivity contribution is 0.632. The SMILES string of the molecule is Cc1ccccc1S(=O)CC1CCNC1. The van der Waals surface area contributed by atoms with Gasteiger partial charge in [0, 0.05) is 10.6 Å². The second-order valence-electron chi connectivity index (χ2n) is 4.14. The van der Waals surface area contributed by atoms with Crippen LogP contribution in [0.25, 0.3) is 0 Å². The highest BCUT2D eigenvalue weighted by molar-refractivity contribution is 7.85. The van der Waals surface area contributed by atoms with Gasteiger partial charge in [-0.3, -0.25) is 4.21 Å². The van der Waals surface area contributed by atoms with Crippen molar-refractivity contribution < 1.29 is 4.21 Å². The minimum Gasteiger partial charge on any atom is -0.316 e. The van der Waals surface area contributed by atoms with Crippen LogP contribution in [0.2, 0.25) is 0 Å². The fourth-order valence-corrected chi connectivity index (χ4v) is 3.52. The summed E-state index contributed by atoms with van der Waals surface area (Å²) in [7, 11) is -0.825. The van der Waals surface area contributed by atoms with E-state index >= 15 is 0 Å². The van der Waals surface area contributed by atoms with Crippen molar-refractivity contribution in [2.24, 2.45) is 5.92 Å². The molecule has 1 aromatic carbocycles. The first-order chi connectivity index (χ1) is 7.27. The predicted octanol–water partition coefficient (Wildman–Crippen LogP) is 1.71. The van der Waals surface area contributed by atoms with E-state index in [1.807, 2.05) is 31.2 Å². The Morgan fingerprint density at radius 2 is 2.27 bits per heavy atom. The summed E-state index contributed by atoms with van der Waals surface area (Å²) in [5.74, 6) is 1.39. The zero-order valence-corrected chi connectivity index (χ0v) is 9.85. The molecule has 0 bridgehead atoms. The third-order valence-corrected chi connectivity index (χ3v) is 4.61. The lowest BCUT2D eigenvalue weighted by atomic mass is 10.2. The second-order valence-corrected chi connectivity index (χ2v) is 5.60. The van der Waals surface area contributed by atoms with E-state index < -0.39 is 10.8 Å². The molecule has 1 saturated heterocycles. The van der Waals surface area contributed by atoms with E-state index in [0.29, 0.717) is 5.92 Å². The smallest absolute Gasteiger partial charge is 0.0535 e. The Bertz CT molecular complexity index is 358. The molecule has 1 N–H and O–H groups in total. The molecule has 1 fully saturated rings. The van der Waals surface area contributed by atoms with Crippen LogP contribution in [-0.4, -0.2) is 23.1 Å². The maximum absolute atomic E-state index is 12.1. The maximum Gasteiger partial charge on any atom is 0.0535 e. The van der Waals surface area contributed by atoms with Crippen LogP contribution in [0, 0.1) is 12.8 Å². The van der Waals surface area contributed by atoms with Crippen molar-refractivity contribution in [1.82, 2.24) is 5.32 Å². The van der Waals surface area contributed by atoms with Crippen molar-refractivity contribution in [3.63, 3.8) is 0 Å². The third-order valence-electron chi connectivity index (χ3n) is 2.89. The molecule has 0 aromatic heterocycles. The molecule has 0 aliphatic carbocycles. The van der Waals surface area contributed by atoms with Gasteiger partial charge < -0.3 is 5.32 Å². The van der Waals surface area contributed by atoms with Crippen molar-refractivity contribution in [3.8, 4) is 0 Å². The summed E-state index contributed by atoms with van der Waals surface area (Å²) in [4.78, 5) is 1.00. The molecule has 2 unspecified atom stereocenters. The lowest BCUT2D eigenvalue weighted by Crippen LogP contribution is -2.15. The average Bonchev–Trinajstić information content (AvgIpc) is 2.71. The molecule has 2 atom stereocenters. The van der Waals surface area contributed by atoms with Crippen LogP contribution in [0.15, 0.2) is 29.2 Å². The van der Waals surface area contributed by atoms with Gasteiger partial charge in [-0.05, 0) is 44.0 Å². The van der Waals surface area contributed by atoms with Gasteiger partial charge >= 0.3 is 0 Å². The van der Waals surface area contributed by atoms with Crippen molar-refractivity contribution >= 4 is 10.8 Å². The van der Waals surface area contributed by atoms with E-state index in [4.69, 9.17) is 0 Å². The van der Waals surface area contributed by atoms with E-state index in [1.165, 1.54) is 0 Å². The minimum absolute atomic E-state index is 0.588. The molecule has 0 saturated carbocycles. The van der Waals surface area contributed by atoms with E-state index in [1.54, 1.807) is 0 Å². The lowest BCUT2D eigenvalue weighted by Gasteiger charge is -2.09. The number of nitrogens with one attached hydrogen (secondary N) is 1. The Kier molecular flexibility index (Phi) is 3.54. The van der Waals surface area contributed by atoms with Crippen molar-refractivity contribution in [1.29, 1.82) is 0 Å². The predicted molar refractivity (Wildman–Crippen MR) is 63.4 cm³/mol. The van der Waals surface area contributed by atoms with Gasteiger partial charge in [0.05, 0.1) is 10.8 Å². The molecule has 0 spiro atoms. The summed E-state index contributed by atoms with van der Waals surface area (Å²) in [5.41, 5.74) is 1.14. The Morgan fingerprint density at radius 1 is 1.47 bits per heavy atom. The molecule has 82 valence electrons. The number of aryl methyl sites for hydroxylation is 1. The molecule has 2 rings (SSSR count). The summed E-state index contributed by atoms with van der Waals surface area (Å²) < 4.78 is 12.1. The highest BCUT2D eigenvalue weighted by Crippen LogP contribution is 2.17. The fraction of sp³-hybridized carbons (Fsp3) is 0.500. The summed E-state index contributed by atoms with van der Waals surface area (Å²) >= 11 is 0. The van der Waals surface area contributed by atoms with Gasteiger partial charge in [-0.15, -0.1) is 0 Å². The molecule has 3 heteroatoms. The summed E-state index contributed by atoms with van der Waals surface area (Å²) in [6.07, 6.45) is 1.16. The van der Waals surface area contributed by atoms with Crippen LogP contribution in [-0.2, 0) is 10.8 Å². The van der Waals surface area contributed by atoms with E-state index in [2.05, 4.69) is 5.32 Å². The molecule has 1 aromatic rings. The Balaban J connectivity index is 2.04. The standard InChI is InChI=1S/C12H17NOS/c1-10-4-2-3-5-12(10)15(14)9-11-6-7-13-8-11/h2-5,11,13H,6-9H2,1H3. The van der Waals surface area contributed by atoms with Crippen molar-refractivity contribution in [2.45, 2.75) is 18.2 Å². The number of rotatable bonds is 3. The van der Waals surface area contributed by atoms with Gasteiger partial charge in [0.1, 0.15) is 0 Å². The second kappa shape index (κ2) is 4.90. The third kappa shape index (κ3) is 2.67. The normalized spacial score (nSPS) is 22.9. The van der Waals surface area contributed by atoms with Gasteiger partial charge in [0.25, 0.3) is 0 Å². The van der Waals surface area contributed by atoms with Crippen LogP contribution in [0.5, 0.6) is 0 Å². The first-order valence-electron chi connectivity index (χ1n) is 5.42. The van der Waals surface area contributed by atoms with E-state index in [9.17, 15) is 4.21 Å². The van der Waals surface area contributed by atoms with Crippen LogP contribution in [0.1, 0.15) is 12.0 Å². The van der Waals surface area contributed by atoms with Crippen LogP contribution in [0.4, 0.5) is 0 Å². The number of benzene rings is 1. The Morgan fingerprint density at radius 3 is 2.93 bits per heavy atom. The molecule has 0 radical (unpaired) electrons. The van der Waals surface area contributed by atoms with Crippen molar-refractivity contribution in [2.75, 3.05) is 18.8 Å². The van der Waals surface area contributed by atoms with E-state index in [0.717, 1.165) is 35.7 Å². The highest BCUT2D eigenvalue weighted by Gasteiger charge is 2.18. The zero-order valence-electron chi connectivity index (χ0n) is 9.03. The van der Waals surface area contributed by atoms with Gasteiger partial charge in [-0.2, -0.15) is 0 Å². The van der Waals surface area contributed by atoms with Crippen LogP contribution < -0.4 is 5.32 Å². The largest absolute Gasteiger partial charge is 0.316 e. The molecule has 2 nitrogen and oxygen atoms in total. The first-order valence-corrected chi connectivity index (χ1v) is 6.74. The topological polar surface area (TPSA) is 29.1 Å². The fourth-order valence-electron chi connectivity index (χ4n) is 1.97. The number of hydrogen-bond acceptors (Lipinski definition) is 2. The summed E-state index contributed by atoms with van der Waals surface area (Å²) in [6.45, 7) is 4.13. The zero-order chi connectivity index (χ0) is 10.7. The van der Waals surface area contributed by atoms with E-state index in [-0.39, 0.29) is 0 Å². The summed E-state index contributed by atoms with van der Waals surface area (Å²) in [5, 5.41) is 3.31. The van der Waals surface area contributed by atoms with Crippen molar-refractivity contribution in [3.05, 3.63) is 29.8 Å². The Hall–Kier alpha value is -0.670. The monoisotopic (exact) mass is 223 g/mol. The highest BCUT2D eigenvalue weighted by atomic mass is 32.2. The molecular formula is C12H17NOS. The minimum atomic E-state index is -0.825. The maximum atomic E-state index is 12.1. The van der Waals surface area contributed by atoms with Gasteiger partial charge in [-0.1, -0.05) is 18.2 Å². The first kappa shape index (κ1) is 10.8.